The molecule has 0 heterocycles. The van der Waals surface area contributed by atoms with Gasteiger partial charge in [-0.3, -0.25) is 0 Å². The minimum absolute atomic E-state index is 0.277. The van der Waals surface area contributed by atoms with E-state index < -0.39 is 11.9 Å². The molecule has 0 aliphatic heterocycles. The van der Waals surface area contributed by atoms with Crippen molar-refractivity contribution in [2.24, 2.45) is 0 Å². The molecule has 0 aromatic heterocycles. The van der Waals surface area contributed by atoms with Crippen LogP contribution in [0.25, 0.3) is 36.5 Å². The number of hydrogen-bond acceptors (Lipinski definition) is 2. The second kappa shape index (κ2) is 11.4. The third-order valence-corrected chi connectivity index (χ3v) is 5.59. The number of hydrogen-bond donors (Lipinski definition) is 2. The Kier molecular flexibility index (Phi) is 7.69. The molecule has 4 rings (SSSR count). The van der Waals surface area contributed by atoms with E-state index in [0.717, 1.165) is 33.4 Å². The van der Waals surface area contributed by atoms with Gasteiger partial charge < -0.3 is 10.2 Å². The minimum Gasteiger partial charge on any atom is -0.478 e. The van der Waals surface area contributed by atoms with Crippen LogP contribution in [0, 0.1) is 0 Å². The number of rotatable bonds is 8. The first-order valence-corrected chi connectivity index (χ1v) is 11.4. The molecule has 4 aromatic rings. The predicted molar refractivity (Wildman–Crippen MR) is 146 cm³/mol. The maximum absolute atomic E-state index is 10.9. The molecular formula is C32H24O4. The molecular weight excluding hydrogens is 448 g/mol. The third kappa shape index (κ3) is 6.78. The van der Waals surface area contributed by atoms with Crippen LogP contribution in [-0.4, -0.2) is 22.2 Å². The summed E-state index contributed by atoms with van der Waals surface area (Å²) in [5, 5.41) is 18.0. The highest BCUT2D eigenvalue weighted by atomic mass is 16.4. The summed E-state index contributed by atoms with van der Waals surface area (Å²) < 4.78 is 0. The van der Waals surface area contributed by atoms with Crippen LogP contribution in [0.2, 0.25) is 0 Å². The maximum Gasteiger partial charge on any atom is 0.335 e. The van der Waals surface area contributed by atoms with Crippen LogP contribution in [0.5, 0.6) is 0 Å². The van der Waals surface area contributed by atoms with E-state index in [9.17, 15) is 9.59 Å². The van der Waals surface area contributed by atoms with Gasteiger partial charge in [0.2, 0.25) is 0 Å². The first-order chi connectivity index (χ1) is 17.5. The molecule has 0 saturated heterocycles. The zero-order valence-electron chi connectivity index (χ0n) is 19.4. The van der Waals surface area contributed by atoms with E-state index in [1.165, 1.54) is 0 Å². The van der Waals surface area contributed by atoms with Crippen molar-refractivity contribution in [2.45, 2.75) is 0 Å². The average molecular weight is 473 g/mol. The van der Waals surface area contributed by atoms with Crippen molar-refractivity contribution in [1.82, 2.24) is 0 Å². The van der Waals surface area contributed by atoms with Gasteiger partial charge in [-0.1, -0.05) is 109 Å². The van der Waals surface area contributed by atoms with E-state index >= 15 is 0 Å². The Labute approximate surface area is 209 Å². The molecule has 0 bridgehead atoms. The van der Waals surface area contributed by atoms with Gasteiger partial charge in [-0.2, -0.15) is 0 Å². The molecule has 0 unspecified atom stereocenters. The lowest BCUT2D eigenvalue weighted by Gasteiger charge is -1.99. The Bertz CT molecular complexity index is 1310. The molecule has 4 nitrogen and oxygen atoms in total. The van der Waals surface area contributed by atoms with Gasteiger partial charge in [0.15, 0.2) is 0 Å². The molecule has 0 aliphatic carbocycles. The van der Waals surface area contributed by atoms with Crippen LogP contribution < -0.4 is 0 Å². The first kappa shape index (κ1) is 24.2. The van der Waals surface area contributed by atoms with E-state index in [-0.39, 0.29) is 11.1 Å². The van der Waals surface area contributed by atoms with Crippen LogP contribution in [0.1, 0.15) is 54.1 Å². The summed E-state index contributed by atoms with van der Waals surface area (Å²) in [5.41, 5.74) is 6.74. The van der Waals surface area contributed by atoms with Gasteiger partial charge >= 0.3 is 11.9 Å². The standard InChI is InChI=1S/C32H24O4/c33-31(34)29-19-15-27(16-20-29)13-11-25-7-3-23(4-8-25)1-2-24-5-9-26(10-6-24)12-14-28-17-21-30(22-18-28)32(35)36/h1-22H,(H,33,34)(H,35,36)/b2-1+,13-11+,14-12+. The molecule has 0 spiro atoms. The molecule has 36 heavy (non-hydrogen) atoms. The maximum atomic E-state index is 10.9. The fourth-order valence-corrected chi connectivity index (χ4v) is 3.49. The largest absolute Gasteiger partial charge is 0.478 e. The van der Waals surface area contributed by atoms with Crippen molar-refractivity contribution in [1.29, 1.82) is 0 Å². The third-order valence-electron chi connectivity index (χ3n) is 5.59. The monoisotopic (exact) mass is 472 g/mol. The molecule has 0 amide bonds. The molecule has 4 heteroatoms. The second-order valence-corrected chi connectivity index (χ2v) is 8.19. The summed E-state index contributed by atoms with van der Waals surface area (Å²) in [6, 6.07) is 29.9. The van der Waals surface area contributed by atoms with Crippen molar-refractivity contribution in [3.05, 3.63) is 142 Å². The van der Waals surface area contributed by atoms with E-state index in [0.29, 0.717) is 0 Å². The molecule has 2 N–H and O–H groups in total. The van der Waals surface area contributed by atoms with Crippen LogP contribution in [0.15, 0.2) is 97.1 Å². The van der Waals surface area contributed by atoms with Gasteiger partial charge in [0.1, 0.15) is 0 Å². The Morgan fingerprint density at radius 1 is 0.361 bits per heavy atom. The Hall–Kier alpha value is -4.96. The smallest absolute Gasteiger partial charge is 0.335 e. The lowest BCUT2D eigenvalue weighted by atomic mass is 10.1. The number of benzene rings is 4. The highest BCUT2D eigenvalue weighted by Gasteiger charge is 2.01. The fourth-order valence-electron chi connectivity index (χ4n) is 3.49. The second-order valence-electron chi connectivity index (χ2n) is 8.19. The van der Waals surface area contributed by atoms with Gasteiger partial charge in [0, 0.05) is 0 Å². The SMILES string of the molecule is O=C(O)c1ccc(/C=C/c2ccc(/C=C/c3ccc(/C=C/c4ccc(C(=O)O)cc4)cc3)cc2)cc1. The molecule has 0 aliphatic rings. The zero-order chi connectivity index (χ0) is 25.3. The Morgan fingerprint density at radius 3 is 0.694 bits per heavy atom. The van der Waals surface area contributed by atoms with Gasteiger partial charge in [-0.05, 0) is 57.6 Å². The summed E-state index contributed by atoms with van der Waals surface area (Å²) in [7, 11) is 0. The fraction of sp³-hybridized carbons (Fsp3) is 0. The van der Waals surface area contributed by atoms with Gasteiger partial charge in [-0.25, -0.2) is 9.59 Å². The lowest BCUT2D eigenvalue weighted by Crippen LogP contribution is -1.94. The zero-order valence-corrected chi connectivity index (χ0v) is 19.4. The number of aromatic carboxylic acids is 2. The summed E-state index contributed by atoms with van der Waals surface area (Å²) in [4.78, 5) is 21.9. The van der Waals surface area contributed by atoms with E-state index in [4.69, 9.17) is 10.2 Å². The van der Waals surface area contributed by atoms with E-state index in [1.807, 2.05) is 48.6 Å². The lowest BCUT2D eigenvalue weighted by molar-refractivity contribution is 0.0686. The molecule has 0 fully saturated rings. The minimum atomic E-state index is -0.927. The molecule has 0 atom stereocenters. The molecule has 0 radical (unpaired) electrons. The number of carboxylic acid groups (broad SMARTS) is 2. The molecule has 0 saturated carbocycles. The summed E-state index contributed by atoms with van der Waals surface area (Å²) >= 11 is 0. The summed E-state index contributed by atoms with van der Waals surface area (Å²) in [6.45, 7) is 0. The Balaban J connectivity index is 1.33. The van der Waals surface area contributed by atoms with Crippen molar-refractivity contribution in [3.8, 4) is 0 Å². The Morgan fingerprint density at radius 2 is 0.528 bits per heavy atom. The number of carboxylic acids is 2. The van der Waals surface area contributed by atoms with Crippen LogP contribution in [0.4, 0.5) is 0 Å². The highest BCUT2D eigenvalue weighted by molar-refractivity contribution is 5.88. The van der Waals surface area contributed by atoms with Gasteiger partial charge in [-0.15, -0.1) is 0 Å². The van der Waals surface area contributed by atoms with Crippen molar-refractivity contribution >= 4 is 48.4 Å². The molecule has 176 valence electrons. The van der Waals surface area contributed by atoms with E-state index in [1.54, 1.807) is 48.5 Å². The quantitative estimate of drug-likeness (QED) is 0.259. The van der Waals surface area contributed by atoms with Crippen molar-refractivity contribution in [3.63, 3.8) is 0 Å². The van der Waals surface area contributed by atoms with Crippen molar-refractivity contribution < 1.29 is 19.8 Å². The van der Waals surface area contributed by atoms with Crippen molar-refractivity contribution in [2.75, 3.05) is 0 Å². The average Bonchev–Trinajstić information content (AvgIpc) is 2.91. The first-order valence-electron chi connectivity index (χ1n) is 11.4. The summed E-state index contributed by atoms with van der Waals surface area (Å²) in [5.74, 6) is -1.85. The van der Waals surface area contributed by atoms with Crippen LogP contribution in [-0.2, 0) is 0 Å². The predicted octanol–water partition coefficient (Wildman–Crippen LogP) is 7.59. The van der Waals surface area contributed by atoms with Gasteiger partial charge in [0.25, 0.3) is 0 Å². The normalized spacial score (nSPS) is 11.4. The topological polar surface area (TPSA) is 74.6 Å². The molecule has 4 aromatic carbocycles. The summed E-state index contributed by atoms with van der Waals surface area (Å²) in [6.07, 6.45) is 12.0. The highest BCUT2D eigenvalue weighted by Crippen LogP contribution is 2.15. The van der Waals surface area contributed by atoms with Gasteiger partial charge in [0.05, 0.1) is 11.1 Å². The number of carbonyl (C=O) groups is 2. The van der Waals surface area contributed by atoms with Crippen LogP contribution >= 0.6 is 0 Å². The van der Waals surface area contributed by atoms with Crippen LogP contribution in [0.3, 0.4) is 0 Å². The van der Waals surface area contributed by atoms with E-state index in [2.05, 4.69) is 36.4 Å².